The Morgan fingerprint density at radius 1 is 1.15 bits per heavy atom. The van der Waals surface area contributed by atoms with E-state index < -0.39 is 0 Å². The molecule has 0 radical (unpaired) electrons. The molecule has 0 spiro atoms. The van der Waals surface area contributed by atoms with Gasteiger partial charge in [-0.25, -0.2) is 4.98 Å². The van der Waals surface area contributed by atoms with Gasteiger partial charge in [-0.1, -0.05) is 63.6 Å². The third-order valence-electron chi connectivity index (χ3n) is 4.64. The predicted octanol–water partition coefficient (Wildman–Crippen LogP) is 4.22. The van der Waals surface area contributed by atoms with Crippen LogP contribution in [0.1, 0.15) is 23.1 Å². The minimum absolute atomic E-state index is 0.245. The van der Waals surface area contributed by atoms with Gasteiger partial charge in [0.1, 0.15) is 19.3 Å². The second-order valence-corrected chi connectivity index (χ2v) is 7.21. The van der Waals surface area contributed by atoms with Crippen molar-refractivity contribution in [2.24, 2.45) is 11.1 Å². The van der Waals surface area contributed by atoms with Crippen molar-refractivity contribution < 1.29 is 4.84 Å². The van der Waals surface area contributed by atoms with E-state index in [1.165, 1.54) is 5.56 Å². The molecule has 26 heavy (non-hydrogen) atoms. The predicted molar refractivity (Wildman–Crippen MR) is 104 cm³/mol. The van der Waals surface area contributed by atoms with Crippen molar-refractivity contribution in [3.05, 3.63) is 82.3 Å². The Balaban J connectivity index is 1.61. The van der Waals surface area contributed by atoms with E-state index in [1.54, 1.807) is 12.7 Å². The number of hydrogen-bond donors (Lipinski definition) is 0. The minimum atomic E-state index is 0.245. The van der Waals surface area contributed by atoms with Gasteiger partial charge >= 0.3 is 0 Å². The van der Waals surface area contributed by atoms with Gasteiger partial charge in [0.15, 0.2) is 0 Å². The van der Waals surface area contributed by atoms with Crippen LogP contribution in [0, 0.1) is 5.92 Å². The van der Waals surface area contributed by atoms with Crippen molar-refractivity contribution in [2.45, 2.75) is 26.0 Å². The summed E-state index contributed by atoms with van der Waals surface area (Å²) in [5.41, 5.74) is 4.54. The van der Waals surface area contributed by atoms with Gasteiger partial charge < -0.3 is 4.84 Å². The van der Waals surface area contributed by atoms with Crippen molar-refractivity contribution in [3.8, 4) is 0 Å². The Morgan fingerprint density at radius 2 is 2.04 bits per heavy atom. The van der Waals surface area contributed by atoms with E-state index in [-0.39, 0.29) is 5.92 Å². The van der Waals surface area contributed by atoms with Gasteiger partial charge in [0.2, 0.25) is 0 Å². The molecule has 1 heterocycles. The van der Waals surface area contributed by atoms with Gasteiger partial charge in [0.25, 0.3) is 0 Å². The van der Waals surface area contributed by atoms with Crippen molar-refractivity contribution in [1.29, 1.82) is 0 Å². The van der Waals surface area contributed by atoms with Crippen LogP contribution in [-0.2, 0) is 24.4 Å². The Bertz CT molecular complexity index is 893. The fourth-order valence-corrected chi connectivity index (χ4v) is 3.90. The summed E-state index contributed by atoms with van der Waals surface area (Å²) in [6, 6.07) is 16.3. The van der Waals surface area contributed by atoms with Gasteiger partial charge in [-0.3, -0.25) is 4.68 Å². The van der Waals surface area contributed by atoms with E-state index in [0.29, 0.717) is 6.61 Å². The van der Waals surface area contributed by atoms with Crippen LogP contribution in [-0.4, -0.2) is 20.5 Å². The highest BCUT2D eigenvalue weighted by Gasteiger charge is 2.28. The van der Waals surface area contributed by atoms with Crippen molar-refractivity contribution in [2.75, 3.05) is 0 Å². The highest BCUT2D eigenvalue weighted by Crippen LogP contribution is 2.32. The molecule has 0 fully saturated rings. The fraction of sp³-hybridized carbons (Fsp3) is 0.250. The Kier molecular flexibility index (Phi) is 5.11. The zero-order chi connectivity index (χ0) is 17.8. The van der Waals surface area contributed by atoms with Crippen molar-refractivity contribution >= 4 is 21.6 Å². The van der Waals surface area contributed by atoms with Gasteiger partial charge in [0, 0.05) is 16.0 Å². The molecular formula is C20H19BrN4O. The fourth-order valence-electron chi connectivity index (χ4n) is 3.33. The van der Waals surface area contributed by atoms with Crippen molar-refractivity contribution in [1.82, 2.24) is 14.8 Å². The first-order valence-electron chi connectivity index (χ1n) is 8.65. The Labute approximate surface area is 160 Å². The molecule has 4 rings (SSSR count). The minimum Gasteiger partial charge on any atom is -0.391 e. The smallest absolute Gasteiger partial charge is 0.142 e. The SMILES string of the molecule is Brc1cccc2c1CCC(Cn1cncn1)/C2=N/OCc1ccccc1. The van der Waals surface area contributed by atoms with Crippen LogP contribution in [0.2, 0.25) is 0 Å². The molecule has 6 heteroatoms. The second-order valence-electron chi connectivity index (χ2n) is 6.35. The number of fused-ring (bicyclic) bond motifs is 1. The van der Waals surface area contributed by atoms with Crippen LogP contribution in [0.4, 0.5) is 0 Å². The summed E-state index contributed by atoms with van der Waals surface area (Å²) >= 11 is 3.67. The molecule has 0 aliphatic heterocycles. The summed E-state index contributed by atoms with van der Waals surface area (Å²) in [4.78, 5) is 9.78. The standard InChI is InChI=1S/C20H19BrN4O/c21-19-8-4-7-18-17(19)10-9-16(11-25-14-22-13-23-25)20(18)24-26-12-15-5-2-1-3-6-15/h1-8,13-14,16H,9-12H2/b24-20-. The maximum Gasteiger partial charge on any atom is 0.142 e. The zero-order valence-corrected chi connectivity index (χ0v) is 15.8. The highest BCUT2D eigenvalue weighted by atomic mass is 79.9. The Morgan fingerprint density at radius 3 is 2.85 bits per heavy atom. The molecule has 1 atom stereocenters. The maximum atomic E-state index is 5.73. The first-order chi connectivity index (χ1) is 12.8. The monoisotopic (exact) mass is 410 g/mol. The zero-order valence-electron chi connectivity index (χ0n) is 14.3. The molecule has 1 aliphatic carbocycles. The number of nitrogens with zero attached hydrogens (tertiary/aromatic N) is 4. The highest BCUT2D eigenvalue weighted by molar-refractivity contribution is 9.10. The van der Waals surface area contributed by atoms with Crippen LogP contribution in [0.5, 0.6) is 0 Å². The number of hydrogen-bond acceptors (Lipinski definition) is 4. The van der Waals surface area contributed by atoms with Crippen LogP contribution in [0.25, 0.3) is 0 Å². The number of aromatic nitrogens is 3. The largest absolute Gasteiger partial charge is 0.391 e. The van der Waals surface area contributed by atoms with Crippen molar-refractivity contribution in [3.63, 3.8) is 0 Å². The molecule has 0 N–H and O–H groups in total. The van der Waals surface area contributed by atoms with Crippen LogP contribution in [0.3, 0.4) is 0 Å². The van der Waals surface area contributed by atoms with Gasteiger partial charge in [-0.05, 0) is 30.0 Å². The van der Waals surface area contributed by atoms with E-state index in [1.807, 2.05) is 41.1 Å². The van der Waals surface area contributed by atoms with Crippen LogP contribution in [0.15, 0.2) is 70.8 Å². The molecule has 132 valence electrons. The number of oxime groups is 1. The summed E-state index contributed by atoms with van der Waals surface area (Å²) in [7, 11) is 0. The average Bonchev–Trinajstić information content (AvgIpc) is 3.17. The topological polar surface area (TPSA) is 52.3 Å². The molecule has 2 aromatic carbocycles. The molecule has 0 saturated carbocycles. The summed E-state index contributed by atoms with van der Waals surface area (Å²) in [6.07, 6.45) is 5.33. The number of halogens is 1. The summed E-state index contributed by atoms with van der Waals surface area (Å²) in [6.45, 7) is 1.21. The number of rotatable bonds is 5. The molecule has 1 aromatic heterocycles. The van der Waals surface area contributed by atoms with Gasteiger partial charge in [-0.15, -0.1) is 0 Å². The summed E-state index contributed by atoms with van der Waals surface area (Å²) in [5, 5.41) is 8.80. The molecule has 3 aromatic rings. The molecule has 5 nitrogen and oxygen atoms in total. The lowest BCUT2D eigenvalue weighted by molar-refractivity contribution is 0.128. The Hall–Kier alpha value is -2.47. The normalized spacial score (nSPS) is 17.9. The van der Waals surface area contributed by atoms with E-state index in [0.717, 1.165) is 40.7 Å². The van der Waals surface area contributed by atoms with Gasteiger partial charge in [-0.2, -0.15) is 5.10 Å². The van der Waals surface area contributed by atoms with E-state index in [4.69, 9.17) is 4.84 Å². The maximum absolute atomic E-state index is 5.73. The molecule has 0 saturated heterocycles. The van der Waals surface area contributed by atoms with E-state index in [2.05, 4.69) is 43.3 Å². The molecule has 0 amide bonds. The lowest BCUT2D eigenvalue weighted by atomic mass is 9.82. The third kappa shape index (κ3) is 3.70. The third-order valence-corrected chi connectivity index (χ3v) is 5.38. The summed E-state index contributed by atoms with van der Waals surface area (Å²) in [5.74, 6) is 0.245. The first-order valence-corrected chi connectivity index (χ1v) is 9.44. The lowest BCUT2D eigenvalue weighted by Crippen LogP contribution is -2.28. The molecular weight excluding hydrogens is 392 g/mol. The average molecular weight is 411 g/mol. The summed E-state index contributed by atoms with van der Waals surface area (Å²) < 4.78 is 2.99. The van der Waals surface area contributed by atoms with Crippen LogP contribution < -0.4 is 0 Å². The molecule has 1 unspecified atom stereocenters. The molecule has 0 bridgehead atoms. The molecule has 1 aliphatic rings. The van der Waals surface area contributed by atoms with E-state index >= 15 is 0 Å². The quantitative estimate of drug-likeness (QED) is 0.591. The number of benzene rings is 2. The second kappa shape index (κ2) is 7.83. The van der Waals surface area contributed by atoms with E-state index in [9.17, 15) is 0 Å². The first kappa shape index (κ1) is 17.0. The van der Waals surface area contributed by atoms with Gasteiger partial charge in [0.05, 0.1) is 12.3 Å². The lowest BCUT2D eigenvalue weighted by Gasteiger charge is -2.26. The van der Waals surface area contributed by atoms with Crippen LogP contribution >= 0.6 is 15.9 Å².